The smallest absolute Gasteiger partial charge is 0.408 e. The topological polar surface area (TPSA) is 105 Å². The van der Waals surface area contributed by atoms with E-state index in [4.69, 9.17) is 15.5 Å². The van der Waals surface area contributed by atoms with Crippen molar-refractivity contribution in [1.82, 2.24) is 15.3 Å². The van der Waals surface area contributed by atoms with Crippen molar-refractivity contribution in [3.8, 4) is 11.3 Å². The molecule has 1 aliphatic carbocycles. The summed E-state index contributed by atoms with van der Waals surface area (Å²) in [6.45, 7) is 5.62. The number of carbonyl (C=O) groups excluding carboxylic acids is 1. The molecule has 1 unspecified atom stereocenters. The normalized spacial score (nSPS) is 17.4. The lowest BCUT2D eigenvalue weighted by atomic mass is 9.72. The van der Waals surface area contributed by atoms with Gasteiger partial charge in [-0.05, 0) is 82.0 Å². The van der Waals surface area contributed by atoms with Crippen LogP contribution in [0.3, 0.4) is 0 Å². The summed E-state index contributed by atoms with van der Waals surface area (Å²) in [6, 6.07) is 26.5. The van der Waals surface area contributed by atoms with Crippen LogP contribution in [0.1, 0.15) is 57.3 Å². The second-order valence-corrected chi connectivity index (χ2v) is 11.4. The maximum absolute atomic E-state index is 12.7. The first-order valence-electron chi connectivity index (χ1n) is 13.7. The van der Waals surface area contributed by atoms with E-state index in [1.165, 1.54) is 0 Å². The number of hydrogen-bond acceptors (Lipinski definition) is 7. The van der Waals surface area contributed by atoms with Crippen LogP contribution in [-0.2, 0) is 10.3 Å². The summed E-state index contributed by atoms with van der Waals surface area (Å²) >= 11 is 0. The molecule has 204 valence electrons. The average Bonchev–Trinajstić information content (AvgIpc) is 3.29. The molecule has 4 aromatic rings. The van der Waals surface area contributed by atoms with Crippen LogP contribution >= 0.6 is 0 Å². The largest absolute Gasteiger partial charge is 0.444 e. The molecular weight excluding hydrogens is 500 g/mol. The van der Waals surface area contributed by atoms with Gasteiger partial charge < -0.3 is 21.1 Å². The van der Waals surface area contributed by atoms with Crippen LogP contribution < -0.4 is 21.3 Å². The zero-order chi connectivity index (χ0) is 27.9. The molecule has 1 amide bonds. The number of ether oxygens (including phenoxy) is 1. The van der Waals surface area contributed by atoms with Crippen LogP contribution in [-0.4, -0.2) is 21.7 Å². The van der Waals surface area contributed by atoms with Crippen LogP contribution in [0.15, 0.2) is 85.1 Å². The number of nitrogens with two attached hydrogens (primary N) is 1. The first-order valence-corrected chi connectivity index (χ1v) is 13.7. The Kier molecular flexibility index (Phi) is 6.33. The monoisotopic (exact) mass is 534 g/mol. The van der Waals surface area contributed by atoms with E-state index in [0.29, 0.717) is 5.82 Å². The van der Waals surface area contributed by atoms with Gasteiger partial charge in [0.2, 0.25) is 0 Å². The van der Waals surface area contributed by atoms with E-state index in [1.54, 1.807) is 6.20 Å². The highest BCUT2D eigenvalue weighted by atomic mass is 16.6. The number of hydrogen-bond donors (Lipinski definition) is 3. The summed E-state index contributed by atoms with van der Waals surface area (Å²) in [4.78, 5) is 24.2. The number of alkyl carbamates (subject to hydrolysis) is 1. The minimum Gasteiger partial charge on any atom is -0.444 e. The minimum atomic E-state index is -0.552. The number of fused-ring (bicyclic) bond motifs is 1. The summed E-state index contributed by atoms with van der Waals surface area (Å²) in [5, 5.41) is 6.75. The summed E-state index contributed by atoms with van der Waals surface area (Å²) in [5.74, 6) is 1.28. The molecule has 6 rings (SSSR count). The molecule has 2 aromatic heterocycles. The van der Waals surface area contributed by atoms with Crippen molar-refractivity contribution in [3.63, 3.8) is 0 Å². The number of aromatic nitrogens is 2. The molecule has 40 heavy (non-hydrogen) atoms. The fraction of sp³-hybridized carbons (Fsp3) is 0.281. The highest BCUT2D eigenvalue weighted by Crippen LogP contribution is 2.48. The fourth-order valence-electron chi connectivity index (χ4n) is 5.45. The molecule has 3 heterocycles. The van der Waals surface area contributed by atoms with Crippen molar-refractivity contribution in [3.05, 3.63) is 96.2 Å². The van der Waals surface area contributed by atoms with Gasteiger partial charge in [0.1, 0.15) is 17.6 Å². The quantitative estimate of drug-likeness (QED) is 0.256. The third-order valence-electron chi connectivity index (χ3n) is 7.53. The second-order valence-electron chi connectivity index (χ2n) is 11.4. The predicted octanol–water partition coefficient (Wildman–Crippen LogP) is 6.89. The Balaban J connectivity index is 1.37. The van der Waals surface area contributed by atoms with Crippen molar-refractivity contribution in [1.29, 1.82) is 0 Å². The van der Waals surface area contributed by atoms with Crippen molar-refractivity contribution >= 4 is 29.1 Å². The number of pyridine rings is 2. The number of anilines is 4. The van der Waals surface area contributed by atoms with Gasteiger partial charge in [-0.3, -0.25) is 4.90 Å². The molecule has 0 spiro atoms. The Hall–Kier alpha value is -4.59. The van der Waals surface area contributed by atoms with Gasteiger partial charge in [-0.15, -0.1) is 0 Å². The van der Waals surface area contributed by atoms with E-state index in [0.717, 1.165) is 58.8 Å². The molecule has 1 saturated carbocycles. The molecular formula is C32H34N6O2. The lowest BCUT2D eigenvalue weighted by molar-refractivity contribution is 0.0377. The van der Waals surface area contributed by atoms with Gasteiger partial charge in [-0.1, -0.05) is 42.5 Å². The Morgan fingerprint density at radius 1 is 1.02 bits per heavy atom. The van der Waals surface area contributed by atoms with Gasteiger partial charge in [-0.25, -0.2) is 14.8 Å². The molecule has 2 aromatic carbocycles. The first-order chi connectivity index (χ1) is 19.2. The fourth-order valence-corrected chi connectivity index (χ4v) is 5.45. The van der Waals surface area contributed by atoms with E-state index in [9.17, 15) is 4.79 Å². The van der Waals surface area contributed by atoms with Crippen LogP contribution in [0.4, 0.5) is 27.8 Å². The second kappa shape index (κ2) is 9.86. The SMILES string of the molecule is CC(C)(C)OC(=O)NC1(c2ccc(N3c4nc(-c5ccccc5)ccc4NC3c3cccnc3N)cc2)CCC1. The van der Waals surface area contributed by atoms with Gasteiger partial charge in [0.15, 0.2) is 5.82 Å². The molecule has 8 nitrogen and oxygen atoms in total. The Morgan fingerprint density at radius 3 is 2.42 bits per heavy atom. The Labute approximate surface area is 234 Å². The number of benzene rings is 2. The number of nitrogens with zero attached hydrogens (tertiary/aromatic N) is 3. The number of nitrogen functional groups attached to an aromatic ring is 1. The number of carbonyl (C=O) groups is 1. The molecule has 4 N–H and O–H groups in total. The van der Waals surface area contributed by atoms with Gasteiger partial charge in [-0.2, -0.15) is 0 Å². The van der Waals surface area contributed by atoms with Gasteiger partial charge in [0.05, 0.1) is 16.9 Å². The number of rotatable bonds is 5. The first kappa shape index (κ1) is 25.7. The zero-order valence-electron chi connectivity index (χ0n) is 23.0. The highest BCUT2D eigenvalue weighted by Gasteiger charge is 2.41. The molecule has 8 heteroatoms. The van der Waals surface area contributed by atoms with Crippen molar-refractivity contribution < 1.29 is 9.53 Å². The van der Waals surface area contributed by atoms with E-state index in [1.807, 2.05) is 57.2 Å². The van der Waals surface area contributed by atoms with E-state index in [-0.39, 0.29) is 6.17 Å². The third-order valence-corrected chi connectivity index (χ3v) is 7.53. The molecule has 1 fully saturated rings. The van der Waals surface area contributed by atoms with E-state index >= 15 is 0 Å². The van der Waals surface area contributed by atoms with Crippen molar-refractivity contribution in [2.75, 3.05) is 16.0 Å². The maximum Gasteiger partial charge on any atom is 0.408 e. The lowest BCUT2D eigenvalue weighted by Gasteiger charge is -2.43. The standard InChI is InChI=1S/C32H34N6O2/c1-31(2,3)40-30(39)37-32(18-8-19-32)22-12-14-23(15-13-22)38-28(24-11-7-20-34-27(24)33)36-26-17-16-25(35-29(26)38)21-9-5-4-6-10-21/h4-7,9-17,20,28,36H,8,18-19H2,1-3H3,(H2,33,34)(H,37,39). The molecule has 2 aliphatic rings. The van der Waals surface area contributed by atoms with Crippen molar-refractivity contribution in [2.45, 2.75) is 57.3 Å². The molecule has 1 atom stereocenters. The summed E-state index contributed by atoms with van der Waals surface area (Å²) in [7, 11) is 0. The summed E-state index contributed by atoms with van der Waals surface area (Å²) in [6.07, 6.45) is 3.81. The maximum atomic E-state index is 12.7. The Morgan fingerprint density at radius 2 is 1.77 bits per heavy atom. The minimum absolute atomic E-state index is 0.286. The molecule has 0 saturated heterocycles. The zero-order valence-corrected chi connectivity index (χ0v) is 23.0. The Bertz CT molecular complexity index is 1530. The molecule has 0 radical (unpaired) electrons. The third kappa shape index (κ3) is 4.81. The van der Waals surface area contributed by atoms with Crippen molar-refractivity contribution in [2.24, 2.45) is 0 Å². The van der Waals surface area contributed by atoms with Crippen LogP contribution in [0.2, 0.25) is 0 Å². The van der Waals surface area contributed by atoms with Gasteiger partial charge >= 0.3 is 6.09 Å². The predicted molar refractivity (Wildman–Crippen MR) is 158 cm³/mol. The number of amides is 1. The molecule has 0 bridgehead atoms. The van der Waals surface area contributed by atoms with Crippen LogP contribution in [0.25, 0.3) is 11.3 Å². The lowest BCUT2D eigenvalue weighted by Crippen LogP contribution is -2.52. The molecule has 1 aliphatic heterocycles. The summed E-state index contributed by atoms with van der Waals surface area (Å²) < 4.78 is 5.56. The van der Waals surface area contributed by atoms with E-state index < -0.39 is 17.2 Å². The highest BCUT2D eigenvalue weighted by molar-refractivity contribution is 5.83. The van der Waals surface area contributed by atoms with Gasteiger partial charge in [0, 0.05) is 23.0 Å². The number of nitrogens with one attached hydrogen (secondary N) is 2. The van der Waals surface area contributed by atoms with Crippen LogP contribution in [0, 0.1) is 0 Å². The van der Waals surface area contributed by atoms with Gasteiger partial charge in [0.25, 0.3) is 0 Å². The average molecular weight is 535 g/mol. The van der Waals surface area contributed by atoms with Crippen LogP contribution in [0.5, 0.6) is 0 Å². The van der Waals surface area contributed by atoms with E-state index in [2.05, 4.69) is 63.0 Å². The summed E-state index contributed by atoms with van der Waals surface area (Å²) in [5.41, 5.74) is 11.1.